The summed E-state index contributed by atoms with van der Waals surface area (Å²) in [4.78, 5) is 4.40. The van der Waals surface area contributed by atoms with E-state index in [2.05, 4.69) is 24.9 Å². The molecule has 3 rings (SSSR count). The second-order valence-electron chi connectivity index (χ2n) is 6.25. The van der Waals surface area contributed by atoms with Crippen molar-refractivity contribution in [1.82, 2.24) is 4.98 Å². The van der Waals surface area contributed by atoms with Crippen LogP contribution in [-0.4, -0.2) is 17.7 Å². The maximum Gasteiger partial charge on any atom is 0.146 e. The van der Waals surface area contributed by atoms with E-state index in [1.165, 1.54) is 0 Å². The van der Waals surface area contributed by atoms with Crippen LogP contribution in [0, 0.1) is 6.92 Å². The van der Waals surface area contributed by atoms with Crippen LogP contribution < -0.4 is 15.2 Å². The highest BCUT2D eigenvalue weighted by Gasteiger charge is 2.09. The van der Waals surface area contributed by atoms with Crippen LogP contribution in [0.1, 0.15) is 25.3 Å². The standard InChI is InChI=1S/C21H24N2O2/c1-15-7-3-4-10-18(15)24-14-6-8-16(2)25-19-11-5-9-17-12-13-20(22)23-21(17)19/h3-5,7,9-13,16H,6,8,14H2,1-2H3,(H2,22,23). The molecule has 0 amide bonds. The number of anilines is 1. The first kappa shape index (κ1) is 17.1. The average molecular weight is 336 g/mol. The predicted molar refractivity (Wildman–Crippen MR) is 102 cm³/mol. The molecule has 1 atom stereocenters. The fraction of sp³-hybridized carbons (Fsp3) is 0.286. The summed E-state index contributed by atoms with van der Waals surface area (Å²) in [6, 6.07) is 17.8. The van der Waals surface area contributed by atoms with E-state index in [-0.39, 0.29) is 6.10 Å². The molecular formula is C21H24N2O2. The fourth-order valence-corrected chi connectivity index (χ4v) is 2.78. The van der Waals surface area contributed by atoms with E-state index < -0.39 is 0 Å². The highest BCUT2D eigenvalue weighted by Crippen LogP contribution is 2.26. The molecule has 1 heterocycles. The summed E-state index contributed by atoms with van der Waals surface area (Å²) in [5.41, 5.74) is 7.78. The van der Waals surface area contributed by atoms with Gasteiger partial charge < -0.3 is 15.2 Å². The third-order valence-corrected chi connectivity index (χ3v) is 4.14. The number of nitrogens with two attached hydrogens (primary N) is 1. The van der Waals surface area contributed by atoms with Gasteiger partial charge in [-0.25, -0.2) is 4.98 Å². The number of benzene rings is 2. The van der Waals surface area contributed by atoms with Gasteiger partial charge in [0.05, 0.1) is 12.7 Å². The van der Waals surface area contributed by atoms with Crippen LogP contribution >= 0.6 is 0 Å². The molecule has 0 bridgehead atoms. The van der Waals surface area contributed by atoms with E-state index in [0.717, 1.165) is 40.8 Å². The number of nitrogens with zero attached hydrogens (tertiary/aromatic N) is 1. The minimum Gasteiger partial charge on any atom is -0.493 e. The van der Waals surface area contributed by atoms with Crippen molar-refractivity contribution in [1.29, 1.82) is 0 Å². The maximum atomic E-state index is 6.09. The van der Waals surface area contributed by atoms with Crippen molar-refractivity contribution in [3.63, 3.8) is 0 Å². The van der Waals surface area contributed by atoms with Crippen molar-refractivity contribution in [2.45, 2.75) is 32.8 Å². The lowest BCUT2D eigenvalue weighted by atomic mass is 10.2. The molecule has 2 N–H and O–H groups in total. The molecule has 0 aliphatic carbocycles. The molecule has 0 spiro atoms. The predicted octanol–water partition coefficient (Wildman–Crippen LogP) is 4.75. The molecule has 0 saturated heterocycles. The Morgan fingerprint density at radius 1 is 1.00 bits per heavy atom. The third kappa shape index (κ3) is 4.41. The molecule has 4 heteroatoms. The zero-order valence-corrected chi connectivity index (χ0v) is 14.7. The first-order chi connectivity index (χ1) is 12.1. The summed E-state index contributed by atoms with van der Waals surface area (Å²) < 4.78 is 11.9. The SMILES string of the molecule is Cc1ccccc1OCCCC(C)Oc1cccc2ccc(N)nc12. The minimum atomic E-state index is 0.0781. The van der Waals surface area contributed by atoms with Crippen molar-refractivity contribution >= 4 is 16.7 Å². The third-order valence-electron chi connectivity index (χ3n) is 4.14. The van der Waals surface area contributed by atoms with E-state index in [1.54, 1.807) is 6.07 Å². The Kier molecular flexibility index (Phi) is 5.39. The summed E-state index contributed by atoms with van der Waals surface area (Å²) in [6.45, 7) is 4.80. The normalized spacial score (nSPS) is 12.1. The summed E-state index contributed by atoms with van der Waals surface area (Å²) in [7, 11) is 0. The van der Waals surface area contributed by atoms with Crippen LogP contribution in [-0.2, 0) is 0 Å². The summed E-state index contributed by atoms with van der Waals surface area (Å²) in [5, 5.41) is 1.03. The quantitative estimate of drug-likeness (QED) is 0.632. The van der Waals surface area contributed by atoms with Gasteiger partial charge in [-0.2, -0.15) is 0 Å². The van der Waals surface area contributed by atoms with Gasteiger partial charge >= 0.3 is 0 Å². The van der Waals surface area contributed by atoms with Crippen molar-refractivity contribution in [2.24, 2.45) is 0 Å². The second-order valence-corrected chi connectivity index (χ2v) is 6.25. The van der Waals surface area contributed by atoms with Crippen molar-refractivity contribution in [3.05, 3.63) is 60.2 Å². The van der Waals surface area contributed by atoms with Crippen LogP contribution in [0.5, 0.6) is 11.5 Å². The number of aromatic nitrogens is 1. The molecule has 0 saturated carbocycles. The Hall–Kier alpha value is -2.75. The number of pyridine rings is 1. The van der Waals surface area contributed by atoms with Crippen molar-refractivity contribution in [2.75, 3.05) is 12.3 Å². The number of nitrogen functional groups attached to an aromatic ring is 1. The topological polar surface area (TPSA) is 57.4 Å². The van der Waals surface area contributed by atoms with Crippen LogP contribution in [0.2, 0.25) is 0 Å². The summed E-state index contributed by atoms with van der Waals surface area (Å²) in [6.07, 6.45) is 1.91. The lowest BCUT2D eigenvalue weighted by molar-refractivity contribution is 0.195. The second kappa shape index (κ2) is 7.88. The zero-order valence-electron chi connectivity index (χ0n) is 14.7. The van der Waals surface area contributed by atoms with Gasteiger partial charge in [0, 0.05) is 5.39 Å². The maximum absolute atomic E-state index is 6.09. The molecule has 3 aromatic rings. The van der Waals surface area contributed by atoms with Crippen molar-refractivity contribution in [3.8, 4) is 11.5 Å². The highest BCUT2D eigenvalue weighted by molar-refractivity contribution is 5.85. The molecule has 25 heavy (non-hydrogen) atoms. The van der Waals surface area contributed by atoms with E-state index in [1.807, 2.05) is 42.5 Å². The summed E-state index contributed by atoms with van der Waals surface area (Å²) >= 11 is 0. The van der Waals surface area contributed by atoms with Crippen LogP contribution in [0.15, 0.2) is 54.6 Å². The molecule has 0 aliphatic heterocycles. The Bertz CT molecular complexity index is 848. The van der Waals surface area contributed by atoms with E-state index in [9.17, 15) is 0 Å². The Morgan fingerprint density at radius 2 is 1.80 bits per heavy atom. The number of hydrogen-bond acceptors (Lipinski definition) is 4. The summed E-state index contributed by atoms with van der Waals surface area (Å²) in [5.74, 6) is 2.23. The minimum absolute atomic E-state index is 0.0781. The Balaban J connectivity index is 1.54. The van der Waals surface area contributed by atoms with Crippen LogP contribution in [0.25, 0.3) is 10.9 Å². The monoisotopic (exact) mass is 336 g/mol. The molecular weight excluding hydrogens is 312 g/mol. The lowest BCUT2D eigenvalue weighted by Gasteiger charge is -2.16. The molecule has 130 valence electrons. The van der Waals surface area contributed by atoms with Gasteiger partial charge in [-0.1, -0.05) is 30.3 Å². The molecule has 1 aromatic heterocycles. The Labute approximate surface area is 148 Å². The lowest BCUT2D eigenvalue weighted by Crippen LogP contribution is -2.14. The Morgan fingerprint density at radius 3 is 2.64 bits per heavy atom. The van der Waals surface area contributed by atoms with Gasteiger partial charge in [0.25, 0.3) is 0 Å². The number of rotatable bonds is 7. The smallest absolute Gasteiger partial charge is 0.146 e. The van der Waals surface area contributed by atoms with Gasteiger partial charge in [0.1, 0.15) is 22.8 Å². The van der Waals surface area contributed by atoms with Gasteiger partial charge in [0.15, 0.2) is 0 Å². The van der Waals surface area contributed by atoms with Gasteiger partial charge in [-0.05, 0) is 56.5 Å². The molecule has 1 unspecified atom stereocenters. The first-order valence-electron chi connectivity index (χ1n) is 8.64. The fourth-order valence-electron chi connectivity index (χ4n) is 2.78. The van der Waals surface area contributed by atoms with E-state index in [0.29, 0.717) is 12.4 Å². The van der Waals surface area contributed by atoms with Crippen LogP contribution in [0.3, 0.4) is 0 Å². The zero-order chi connectivity index (χ0) is 17.6. The average Bonchev–Trinajstić information content (AvgIpc) is 2.61. The number of aryl methyl sites for hydroxylation is 1. The van der Waals surface area contributed by atoms with Gasteiger partial charge in [-0.3, -0.25) is 0 Å². The number of para-hydroxylation sites is 2. The largest absolute Gasteiger partial charge is 0.493 e. The van der Waals surface area contributed by atoms with Gasteiger partial charge in [-0.15, -0.1) is 0 Å². The van der Waals surface area contributed by atoms with Crippen molar-refractivity contribution < 1.29 is 9.47 Å². The van der Waals surface area contributed by atoms with Crippen LogP contribution in [0.4, 0.5) is 5.82 Å². The molecule has 0 fully saturated rings. The highest BCUT2D eigenvalue weighted by atomic mass is 16.5. The van der Waals surface area contributed by atoms with E-state index in [4.69, 9.17) is 15.2 Å². The molecule has 0 aliphatic rings. The number of fused-ring (bicyclic) bond motifs is 1. The number of ether oxygens (including phenoxy) is 2. The molecule has 0 radical (unpaired) electrons. The van der Waals surface area contributed by atoms with Gasteiger partial charge in [0.2, 0.25) is 0 Å². The molecule has 4 nitrogen and oxygen atoms in total. The molecule has 2 aromatic carbocycles. The first-order valence-corrected chi connectivity index (χ1v) is 8.64. The van der Waals surface area contributed by atoms with E-state index >= 15 is 0 Å². The number of hydrogen-bond donors (Lipinski definition) is 1.